The number of anilines is 1. The van der Waals surface area contributed by atoms with Crippen LogP contribution >= 0.6 is 11.6 Å². The fourth-order valence-corrected chi connectivity index (χ4v) is 2.43. The number of carbonyl (C=O) groups excluding carboxylic acids is 1. The lowest BCUT2D eigenvalue weighted by Gasteiger charge is -2.19. The standard InChI is InChI=1S/C13H12ClFN2O/c14-9-4-3-5-10(15)11(9)17-12(18)13(8-16)6-1-2-7-13/h3-5H,1-2,6-7H2,(H,17,18). The van der Waals surface area contributed by atoms with Crippen LogP contribution in [0.3, 0.4) is 0 Å². The van der Waals surface area contributed by atoms with E-state index in [1.54, 1.807) is 0 Å². The topological polar surface area (TPSA) is 52.9 Å². The van der Waals surface area contributed by atoms with Gasteiger partial charge in [0.25, 0.3) is 0 Å². The Balaban J connectivity index is 2.24. The minimum absolute atomic E-state index is 0.0503. The number of amides is 1. The summed E-state index contributed by atoms with van der Waals surface area (Å²) in [7, 11) is 0. The van der Waals surface area contributed by atoms with E-state index in [1.165, 1.54) is 18.2 Å². The quantitative estimate of drug-likeness (QED) is 0.891. The second kappa shape index (κ2) is 4.95. The number of hydrogen-bond acceptors (Lipinski definition) is 2. The van der Waals surface area contributed by atoms with E-state index in [1.807, 2.05) is 0 Å². The summed E-state index contributed by atoms with van der Waals surface area (Å²) in [5, 5.41) is 11.7. The first kappa shape index (κ1) is 12.8. The van der Waals surface area contributed by atoms with Gasteiger partial charge < -0.3 is 5.32 Å². The monoisotopic (exact) mass is 266 g/mol. The van der Waals surface area contributed by atoms with Crippen LogP contribution in [0.1, 0.15) is 25.7 Å². The van der Waals surface area contributed by atoms with Gasteiger partial charge in [-0.3, -0.25) is 4.79 Å². The molecule has 94 valence electrons. The minimum atomic E-state index is -1.04. The number of rotatable bonds is 2. The predicted molar refractivity (Wildman–Crippen MR) is 66.6 cm³/mol. The Morgan fingerprint density at radius 1 is 1.44 bits per heavy atom. The summed E-state index contributed by atoms with van der Waals surface area (Å²) >= 11 is 5.83. The Labute approximate surface area is 110 Å². The summed E-state index contributed by atoms with van der Waals surface area (Å²) in [6, 6.07) is 6.23. The Hall–Kier alpha value is -1.60. The number of para-hydroxylation sites is 1. The zero-order valence-electron chi connectivity index (χ0n) is 9.67. The number of halogens is 2. The lowest BCUT2D eigenvalue weighted by atomic mass is 9.87. The molecule has 5 heteroatoms. The summed E-state index contributed by atoms with van der Waals surface area (Å²) in [4.78, 5) is 12.1. The number of nitrogens with zero attached hydrogens (tertiary/aromatic N) is 1. The molecule has 3 nitrogen and oxygen atoms in total. The van der Waals surface area contributed by atoms with Crippen molar-refractivity contribution in [3.05, 3.63) is 29.0 Å². The molecule has 1 fully saturated rings. The second-order valence-corrected chi connectivity index (χ2v) is 4.86. The van der Waals surface area contributed by atoms with Gasteiger partial charge in [0.1, 0.15) is 11.2 Å². The average molecular weight is 267 g/mol. The summed E-state index contributed by atoms with van der Waals surface area (Å²) in [6.45, 7) is 0. The highest BCUT2D eigenvalue weighted by Gasteiger charge is 2.41. The SMILES string of the molecule is N#CC1(C(=O)Nc2c(F)cccc2Cl)CCCC1. The fourth-order valence-electron chi connectivity index (χ4n) is 2.22. The summed E-state index contributed by atoms with van der Waals surface area (Å²) in [5.41, 5.74) is -1.09. The van der Waals surface area contributed by atoms with Crippen molar-refractivity contribution < 1.29 is 9.18 Å². The van der Waals surface area contributed by atoms with Crippen molar-refractivity contribution in [2.45, 2.75) is 25.7 Å². The van der Waals surface area contributed by atoms with Gasteiger partial charge in [-0.25, -0.2) is 4.39 Å². The van der Waals surface area contributed by atoms with E-state index in [9.17, 15) is 9.18 Å². The molecular formula is C13H12ClFN2O. The molecule has 0 aromatic heterocycles. The van der Waals surface area contributed by atoms with E-state index in [2.05, 4.69) is 11.4 Å². The van der Waals surface area contributed by atoms with Crippen LogP contribution in [0, 0.1) is 22.6 Å². The first-order valence-corrected chi connectivity index (χ1v) is 6.13. The van der Waals surface area contributed by atoms with Gasteiger partial charge >= 0.3 is 0 Å². The third-order valence-corrected chi connectivity index (χ3v) is 3.62. The van der Waals surface area contributed by atoms with Crippen LogP contribution in [0.25, 0.3) is 0 Å². The molecule has 0 bridgehead atoms. The zero-order valence-corrected chi connectivity index (χ0v) is 10.4. The van der Waals surface area contributed by atoms with Crippen LogP contribution in [-0.2, 0) is 4.79 Å². The number of carbonyl (C=O) groups is 1. The predicted octanol–water partition coefficient (Wildman–Crippen LogP) is 3.50. The van der Waals surface area contributed by atoms with Gasteiger partial charge in [-0.05, 0) is 25.0 Å². The molecule has 1 amide bonds. The molecule has 1 aliphatic rings. The Bertz CT molecular complexity index is 498. The molecule has 0 heterocycles. The Morgan fingerprint density at radius 2 is 2.11 bits per heavy atom. The van der Waals surface area contributed by atoms with Crippen LogP contribution in [0.2, 0.25) is 5.02 Å². The first-order chi connectivity index (χ1) is 8.59. The van der Waals surface area contributed by atoms with E-state index < -0.39 is 17.1 Å². The van der Waals surface area contributed by atoms with E-state index in [-0.39, 0.29) is 10.7 Å². The van der Waals surface area contributed by atoms with Crippen LogP contribution in [0.15, 0.2) is 18.2 Å². The van der Waals surface area contributed by atoms with Gasteiger partial charge in [0.05, 0.1) is 16.8 Å². The van der Waals surface area contributed by atoms with Crippen LogP contribution < -0.4 is 5.32 Å². The van der Waals surface area contributed by atoms with Crippen LogP contribution in [0.5, 0.6) is 0 Å². The highest BCUT2D eigenvalue weighted by Crippen LogP contribution is 2.39. The van der Waals surface area contributed by atoms with E-state index in [0.717, 1.165) is 12.8 Å². The van der Waals surface area contributed by atoms with Crippen molar-refractivity contribution in [3.63, 3.8) is 0 Å². The molecule has 18 heavy (non-hydrogen) atoms. The van der Waals surface area contributed by atoms with Crippen molar-refractivity contribution >= 4 is 23.2 Å². The molecule has 1 aliphatic carbocycles. The van der Waals surface area contributed by atoms with Gasteiger partial charge in [0.2, 0.25) is 5.91 Å². The summed E-state index contributed by atoms with van der Waals surface area (Å²) in [5.74, 6) is -1.06. The van der Waals surface area contributed by atoms with Gasteiger partial charge in [-0.15, -0.1) is 0 Å². The number of nitriles is 1. The fraction of sp³-hybridized carbons (Fsp3) is 0.385. The van der Waals surface area contributed by atoms with Gasteiger partial charge in [-0.2, -0.15) is 5.26 Å². The van der Waals surface area contributed by atoms with Gasteiger partial charge in [0, 0.05) is 0 Å². The molecule has 0 aliphatic heterocycles. The smallest absolute Gasteiger partial charge is 0.244 e. The number of benzene rings is 1. The average Bonchev–Trinajstić information content (AvgIpc) is 2.84. The zero-order chi connectivity index (χ0) is 13.2. The third-order valence-electron chi connectivity index (χ3n) is 3.31. The van der Waals surface area contributed by atoms with E-state index >= 15 is 0 Å². The maximum atomic E-state index is 13.5. The maximum absolute atomic E-state index is 13.5. The molecule has 0 saturated heterocycles. The highest BCUT2D eigenvalue weighted by molar-refractivity contribution is 6.33. The maximum Gasteiger partial charge on any atom is 0.244 e. The Morgan fingerprint density at radius 3 is 2.67 bits per heavy atom. The van der Waals surface area contributed by atoms with Crippen molar-refractivity contribution in [1.29, 1.82) is 5.26 Å². The molecule has 1 aromatic rings. The molecule has 1 N–H and O–H groups in total. The van der Waals surface area contributed by atoms with Crippen LogP contribution in [-0.4, -0.2) is 5.91 Å². The van der Waals surface area contributed by atoms with Crippen molar-refractivity contribution in [3.8, 4) is 6.07 Å². The normalized spacial score (nSPS) is 17.2. The molecule has 2 rings (SSSR count). The first-order valence-electron chi connectivity index (χ1n) is 5.76. The van der Waals surface area contributed by atoms with Gasteiger partial charge in [-0.1, -0.05) is 30.5 Å². The highest BCUT2D eigenvalue weighted by atomic mass is 35.5. The summed E-state index contributed by atoms with van der Waals surface area (Å²) < 4.78 is 13.5. The molecular weight excluding hydrogens is 255 g/mol. The van der Waals surface area contributed by atoms with Crippen molar-refractivity contribution in [2.24, 2.45) is 5.41 Å². The Kier molecular flexibility index (Phi) is 3.53. The molecule has 0 radical (unpaired) electrons. The lowest BCUT2D eigenvalue weighted by Crippen LogP contribution is -2.32. The molecule has 0 spiro atoms. The second-order valence-electron chi connectivity index (χ2n) is 4.45. The van der Waals surface area contributed by atoms with Crippen LogP contribution in [0.4, 0.5) is 10.1 Å². The largest absolute Gasteiger partial charge is 0.321 e. The molecule has 1 aromatic carbocycles. The molecule has 0 unspecified atom stereocenters. The lowest BCUT2D eigenvalue weighted by molar-refractivity contribution is -0.122. The minimum Gasteiger partial charge on any atom is -0.321 e. The third kappa shape index (κ3) is 2.19. The molecule has 0 atom stereocenters. The van der Waals surface area contributed by atoms with E-state index in [4.69, 9.17) is 16.9 Å². The summed E-state index contributed by atoms with van der Waals surface area (Å²) in [6.07, 6.45) is 2.71. The number of nitrogens with one attached hydrogen (secondary N) is 1. The van der Waals surface area contributed by atoms with Crippen molar-refractivity contribution in [2.75, 3.05) is 5.32 Å². The van der Waals surface area contributed by atoms with Gasteiger partial charge in [0.15, 0.2) is 0 Å². The molecule has 1 saturated carbocycles. The number of hydrogen-bond donors (Lipinski definition) is 1. The van der Waals surface area contributed by atoms with E-state index in [0.29, 0.717) is 12.8 Å². The van der Waals surface area contributed by atoms with Crippen molar-refractivity contribution in [1.82, 2.24) is 0 Å².